The maximum absolute atomic E-state index is 6.14. The lowest BCUT2D eigenvalue weighted by molar-refractivity contribution is 0.912. The highest BCUT2D eigenvalue weighted by molar-refractivity contribution is 6.42. The molecule has 0 atom stereocenters. The summed E-state index contributed by atoms with van der Waals surface area (Å²) in [6.45, 7) is 1.91. The first-order valence-corrected chi connectivity index (χ1v) is 8.82. The SMILES string of the molecule is Cc1cc(-c2ccc(Cl)c(Cl)c2)nc(-n2cnc(-c3ccc(N)nc3)c2)n1. The number of imidazole rings is 1. The average Bonchev–Trinajstić information content (AvgIpc) is 3.14. The lowest BCUT2D eigenvalue weighted by Crippen LogP contribution is -2.01. The van der Waals surface area contributed by atoms with Crippen LogP contribution in [-0.4, -0.2) is 24.5 Å². The van der Waals surface area contributed by atoms with E-state index in [1.165, 1.54) is 0 Å². The molecule has 2 N–H and O–H groups in total. The van der Waals surface area contributed by atoms with Gasteiger partial charge in [-0.1, -0.05) is 29.3 Å². The van der Waals surface area contributed by atoms with Crippen LogP contribution in [0.4, 0.5) is 5.82 Å². The standard InChI is InChI=1S/C19H14Cl2N6/c1-11-6-16(12-2-4-14(20)15(21)7-12)26-19(25-11)27-9-17(24-10-27)13-3-5-18(22)23-8-13/h2-10H,1H3,(H2,22,23). The molecule has 0 aliphatic carbocycles. The number of benzene rings is 1. The molecule has 0 spiro atoms. The van der Waals surface area contributed by atoms with Gasteiger partial charge < -0.3 is 5.73 Å². The molecular formula is C19H14Cl2N6. The first-order chi connectivity index (χ1) is 13.0. The first-order valence-electron chi connectivity index (χ1n) is 8.07. The van der Waals surface area contributed by atoms with Crippen LogP contribution in [0.25, 0.3) is 28.5 Å². The Hall–Kier alpha value is -2.96. The van der Waals surface area contributed by atoms with Crippen LogP contribution in [0.3, 0.4) is 0 Å². The van der Waals surface area contributed by atoms with Crippen LogP contribution in [0.15, 0.2) is 55.1 Å². The Morgan fingerprint density at radius 3 is 2.44 bits per heavy atom. The van der Waals surface area contributed by atoms with E-state index in [9.17, 15) is 0 Å². The predicted molar refractivity (Wildman–Crippen MR) is 107 cm³/mol. The van der Waals surface area contributed by atoms with Crippen LogP contribution < -0.4 is 5.73 Å². The van der Waals surface area contributed by atoms with Crippen LogP contribution in [0, 0.1) is 6.92 Å². The highest BCUT2D eigenvalue weighted by atomic mass is 35.5. The van der Waals surface area contributed by atoms with Gasteiger partial charge in [0.1, 0.15) is 12.1 Å². The zero-order valence-corrected chi connectivity index (χ0v) is 15.8. The Morgan fingerprint density at radius 2 is 1.70 bits per heavy atom. The molecule has 134 valence electrons. The molecule has 4 aromatic rings. The second-order valence-corrected chi connectivity index (χ2v) is 6.78. The van der Waals surface area contributed by atoms with Gasteiger partial charge in [0.25, 0.3) is 0 Å². The minimum atomic E-state index is 0.464. The maximum Gasteiger partial charge on any atom is 0.235 e. The average molecular weight is 397 g/mol. The molecule has 0 unspecified atom stereocenters. The van der Waals surface area contributed by atoms with Crippen LogP contribution >= 0.6 is 23.2 Å². The van der Waals surface area contributed by atoms with Gasteiger partial charge in [-0.25, -0.2) is 19.9 Å². The fraction of sp³-hybridized carbons (Fsp3) is 0.0526. The molecule has 0 bridgehead atoms. The molecule has 0 amide bonds. The van der Waals surface area contributed by atoms with Gasteiger partial charge in [-0.3, -0.25) is 4.57 Å². The maximum atomic E-state index is 6.14. The van der Waals surface area contributed by atoms with E-state index in [1.54, 1.807) is 35.3 Å². The van der Waals surface area contributed by atoms with Gasteiger partial charge in [-0.2, -0.15) is 0 Å². The molecule has 0 aliphatic heterocycles. The van der Waals surface area contributed by atoms with Crippen molar-refractivity contribution in [2.24, 2.45) is 0 Å². The molecule has 4 rings (SSSR count). The van der Waals surface area contributed by atoms with E-state index in [2.05, 4.69) is 19.9 Å². The van der Waals surface area contributed by atoms with E-state index < -0.39 is 0 Å². The van der Waals surface area contributed by atoms with Gasteiger partial charge in [0.15, 0.2) is 0 Å². The summed E-state index contributed by atoms with van der Waals surface area (Å²) in [6.07, 6.45) is 5.19. The summed E-state index contributed by atoms with van der Waals surface area (Å²) < 4.78 is 1.76. The summed E-state index contributed by atoms with van der Waals surface area (Å²) in [7, 11) is 0. The van der Waals surface area contributed by atoms with Crippen molar-refractivity contribution in [2.45, 2.75) is 6.92 Å². The Morgan fingerprint density at radius 1 is 0.889 bits per heavy atom. The van der Waals surface area contributed by atoms with Crippen LogP contribution in [-0.2, 0) is 0 Å². The highest BCUT2D eigenvalue weighted by Gasteiger charge is 2.10. The van der Waals surface area contributed by atoms with Crippen LogP contribution in [0.5, 0.6) is 0 Å². The number of aryl methyl sites for hydroxylation is 1. The monoisotopic (exact) mass is 396 g/mol. The fourth-order valence-corrected chi connectivity index (χ4v) is 2.91. The molecule has 0 aliphatic rings. The number of hydrogen-bond donors (Lipinski definition) is 1. The van der Waals surface area contributed by atoms with E-state index in [-0.39, 0.29) is 0 Å². The third-order valence-corrected chi connectivity index (χ3v) is 4.69. The molecule has 3 heterocycles. The molecule has 6 nitrogen and oxygen atoms in total. The van der Waals surface area contributed by atoms with Crippen molar-refractivity contribution in [1.29, 1.82) is 0 Å². The summed E-state index contributed by atoms with van der Waals surface area (Å²) in [5.74, 6) is 0.977. The molecule has 1 aromatic carbocycles. The van der Waals surface area contributed by atoms with Crippen LogP contribution in [0.2, 0.25) is 10.0 Å². The molecule has 27 heavy (non-hydrogen) atoms. The van der Waals surface area contributed by atoms with Gasteiger partial charge >= 0.3 is 0 Å². The summed E-state index contributed by atoms with van der Waals surface area (Å²) in [5.41, 5.74) is 9.69. The third kappa shape index (κ3) is 3.63. The van der Waals surface area contributed by atoms with Crippen molar-refractivity contribution in [3.05, 3.63) is 70.9 Å². The number of pyridine rings is 1. The van der Waals surface area contributed by atoms with Gasteiger partial charge in [0.05, 0.1) is 21.4 Å². The summed E-state index contributed by atoms with van der Waals surface area (Å²) >= 11 is 12.1. The minimum absolute atomic E-state index is 0.464. The normalized spacial score (nSPS) is 10.9. The van der Waals surface area contributed by atoms with Crippen LogP contribution in [0.1, 0.15) is 5.69 Å². The molecule has 0 saturated carbocycles. The summed E-state index contributed by atoms with van der Waals surface area (Å²) in [4.78, 5) is 17.7. The van der Waals surface area contributed by atoms with Gasteiger partial charge in [0.2, 0.25) is 5.95 Å². The van der Waals surface area contributed by atoms with Gasteiger partial charge in [-0.05, 0) is 37.3 Å². The fourth-order valence-electron chi connectivity index (χ4n) is 2.61. The Bertz CT molecular complexity index is 1120. The largest absolute Gasteiger partial charge is 0.384 e. The van der Waals surface area contributed by atoms with Crippen molar-refractivity contribution >= 4 is 29.0 Å². The van der Waals surface area contributed by atoms with Crippen molar-refractivity contribution in [1.82, 2.24) is 24.5 Å². The van der Waals surface area contributed by atoms with Crippen molar-refractivity contribution in [3.63, 3.8) is 0 Å². The lowest BCUT2D eigenvalue weighted by Gasteiger charge is -2.07. The first kappa shape index (κ1) is 17.5. The summed E-state index contributed by atoms with van der Waals surface area (Å²) in [6, 6.07) is 10.9. The smallest absolute Gasteiger partial charge is 0.235 e. The molecule has 0 fully saturated rings. The number of aromatic nitrogens is 5. The second kappa shape index (κ2) is 6.98. The minimum Gasteiger partial charge on any atom is -0.384 e. The predicted octanol–water partition coefficient (Wildman–Crippen LogP) is 4.59. The van der Waals surface area contributed by atoms with E-state index in [1.807, 2.05) is 31.3 Å². The Labute approximate surface area is 165 Å². The second-order valence-electron chi connectivity index (χ2n) is 5.96. The highest BCUT2D eigenvalue weighted by Crippen LogP contribution is 2.28. The zero-order chi connectivity index (χ0) is 19.0. The lowest BCUT2D eigenvalue weighted by atomic mass is 10.1. The molecular weight excluding hydrogens is 383 g/mol. The molecule has 8 heteroatoms. The number of nitrogen functional groups attached to an aromatic ring is 1. The van der Waals surface area contributed by atoms with Crippen molar-refractivity contribution in [2.75, 3.05) is 5.73 Å². The molecule has 0 radical (unpaired) electrons. The number of nitrogens with zero attached hydrogens (tertiary/aromatic N) is 5. The van der Waals surface area contributed by atoms with E-state index in [0.717, 1.165) is 28.2 Å². The zero-order valence-electron chi connectivity index (χ0n) is 14.3. The van der Waals surface area contributed by atoms with E-state index in [4.69, 9.17) is 28.9 Å². The topological polar surface area (TPSA) is 82.5 Å². The van der Waals surface area contributed by atoms with Crippen molar-refractivity contribution in [3.8, 4) is 28.5 Å². The van der Waals surface area contributed by atoms with Crippen molar-refractivity contribution < 1.29 is 0 Å². The molecule has 0 saturated heterocycles. The van der Waals surface area contributed by atoms with E-state index in [0.29, 0.717) is 21.8 Å². The quantitative estimate of drug-likeness (QED) is 0.547. The van der Waals surface area contributed by atoms with Gasteiger partial charge in [-0.15, -0.1) is 0 Å². The van der Waals surface area contributed by atoms with E-state index >= 15 is 0 Å². The Balaban J connectivity index is 1.73. The summed E-state index contributed by atoms with van der Waals surface area (Å²) in [5, 5.41) is 0.982. The number of hydrogen-bond acceptors (Lipinski definition) is 5. The Kier molecular flexibility index (Phi) is 4.51. The number of nitrogens with two attached hydrogens (primary N) is 1. The third-order valence-electron chi connectivity index (χ3n) is 3.95. The number of rotatable bonds is 3. The number of halogens is 2. The molecule has 3 aromatic heterocycles. The van der Waals surface area contributed by atoms with Gasteiger partial charge in [0, 0.05) is 29.2 Å². The number of anilines is 1.